The van der Waals surface area contributed by atoms with Crippen molar-refractivity contribution in [2.45, 2.75) is 52.3 Å². The quantitative estimate of drug-likeness (QED) is 0.773. The molecule has 1 rings (SSSR count). The van der Waals surface area contributed by atoms with Gasteiger partial charge in [0.1, 0.15) is 0 Å². The summed E-state index contributed by atoms with van der Waals surface area (Å²) >= 11 is 0. The molecule has 0 aromatic carbocycles. The molecule has 0 N–H and O–H groups in total. The van der Waals surface area contributed by atoms with E-state index in [9.17, 15) is 13.2 Å². The highest BCUT2D eigenvalue weighted by molar-refractivity contribution is 4.89. The molecule has 3 atom stereocenters. The predicted molar refractivity (Wildman–Crippen MR) is 61.7 cm³/mol. The SMILES string of the molecule is CC1CC(OCC(C#N)C(F)(F)F)CC(C)(C)C1. The van der Waals surface area contributed by atoms with Crippen LogP contribution in [0.4, 0.5) is 13.2 Å². The molecule has 2 nitrogen and oxygen atoms in total. The molecule has 104 valence electrons. The summed E-state index contributed by atoms with van der Waals surface area (Å²) in [5.41, 5.74) is 0.0999. The van der Waals surface area contributed by atoms with Gasteiger partial charge in [-0.3, -0.25) is 0 Å². The van der Waals surface area contributed by atoms with Crippen LogP contribution in [0.15, 0.2) is 0 Å². The Kier molecular flexibility index (Phi) is 4.66. The maximum Gasteiger partial charge on any atom is 0.406 e. The molecule has 0 heterocycles. The van der Waals surface area contributed by atoms with Gasteiger partial charge in [0.2, 0.25) is 0 Å². The zero-order valence-electron chi connectivity index (χ0n) is 11.0. The molecule has 0 spiro atoms. The molecule has 1 aliphatic rings. The summed E-state index contributed by atoms with van der Waals surface area (Å²) in [6, 6.07) is 1.26. The Hall–Kier alpha value is -0.760. The van der Waals surface area contributed by atoms with Crippen molar-refractivity contribution < 1.29 is 17.9 Å². The van der Waals surface area contributed by atoms with Crippen molar-refractivity contribution in [2.24, 2.45) is 17.3 Å². The Labute approximate surface area is 106 Å². The molecular formula is C13H20F3NO. The Bertz CT molecular complexity index is 319. The summed E-state index contributed by atoms with van der Waals surface area (Å²) in [6.07, 6.45) is -2.06. The summed E-state index contributed by atoms with van der Waals surface area (Å²) in [4.78, 5) is 0. The van der Waals surface area contributed by atoms with Crippen molar-refractivity contribution in [3.05, 3.63) is 0 Å². The monoisotopic (exact) mass is 263 g/mol. The Morgan fingerprint density at radius 2 is 2.00 bits per heavy atom. The number of nitrogens with zero attached hydrogens (tertiary/aromatic N) is 1. The van der Waals surface area contributed by atoms with Crippen LogP contribution in [-0.2, 0) is 4.74 Å². The van der Waals surface area contributed by atoms with Gasteiger partial charge in [-0.05, 0) is 30.6 Å². The average molecular weight is 263 g/mol. The van der Waals surface area contributed by atoms with Crippen LogP contribution in [0, 0.1) is 28.6 Å². The highest BCUT2D eigenvalue weighted by atomic mass is 19.4. The van der Waals surface area contributed by atoms with Crippen LogP contribution in [-0.4, -0.2) is 18.9 Å². The molecule has 0 aromatic heterocycles. The van der Waals surface area contributed by atoms with E-state index < -0.39 is 18.7 Å². The molecule has 0 bridgehead atoms. The number of nitriles is 1. The normalized spacial score (nSPS) is 29.6. The van der Waals surface area contributed by atoms with E-state index in [2.05, 4.69) is 20.8 Å². The molecule has 1 aliphatic carbocycles. The predicted octanol–water partition coefficient (Wildman–Crippen LogP) is 3.92. The fourth-order valence-corrected chi connectivity index (χ4v) is 2.82. The Morgan fingerprint density at radius 3 is 2.44 bits per heavy atom. The van der Waals surface area contributed by atoms with E-state index in [4.69, 9.17) is 10.00 Å². The van der Waals surface area contributed by atoms with Crippen molar-refractivity contribution in [2.75, 3.05) is 6.61 Å². The second kappa shape index (κ2) is 5.48. The topological polar surface area (TPSA) is 33.0 Å². The van der Waals surface area contributed by atoms with Gasteiger partial charge in [0.15, 0.2) is 5.92 Å². The number of hydrogen-bond donors (Lipinski definition) is 0. The summed E-state index contributed by atoms with van der Waals surface area (Å²) in [6.45, 7) is 5.74. The van der Waals surface area contributed by atoms with Crippen LogP contribution < -0.4 is 0 Å². The molecule has 0 aliphatic heterocycles. The first-order valence-corrected chi connectivity index (χ1v) is 6.22. The van der Waals surface area contributed by atoms with Gasteiger partial charge in [-0.1, -0.05) is 20.8 Å². The Morgan fingerprint density at radius 1 is 1.39 bits per heavy atom. The highest BCUT2D eigenvalue weighted by Crippen LogP contribution is 2.40. The molecule has 1 fully saturated rings. The number of alkyl halides is 3. The molecular weight excluding hydrogens is 243 g/mol. The fraction of sp³-hybridized carbons (Fsp3) is 0.923. The standard InChI is InChI=1S/C13H20F3NO/c1-9-4-11(6-12(2,3)5-9)18-8-10(7-17)13(14,15)16/h9-11H,4-6,8H2,1-3H3. The molecule has 0 radical (unpaired) electrons. The van der Waals surface area contributed by atoms with Gasteiger partial charge in [0.05, 0.1) is 18.8 Å². The molecule has 0 amide bonds. The van der Waals surface area contributed by atoms with Gasteiger partial charge in [0.25, 0.3) is 0 Å². The fourth-order valence-electron chi connectivity index (χ4n) is 2.82. The second-order valence-electron chi connectivity index (χ2n) is 6.09. The third kappa shape index (κ3) is 4.49. The lowest BCUT2D eigenvalue weighted by Crippen LogP contribution is -2.35. The van der Waals surface area contributed by atoms with Gasteiger partial charge in [-0.15, -0.1) is 0 Å². The maximum absolute atomic E-state index is 12.4. The number of halogens is 3. The third-order valence-electron chi connectivity index (χ3n) is 3.40. The molecule has 0 saturated heterocycles. The number of hydrogen-bond acceptors (Lipinski definition) is 2. The smallest absolute Gasteiger partial charge is 0.376 e. The molecule has 18 heavy (non-hydrogen) atoms. The van der Waals surface area contributed by atoms with E-state index >= 15 is 0 Å². The van der Waals surface area contributed by atoms with Crippen molar-refractivity contribution >= 4 is 0 Å². The minimum atomic E-state index is -4.50. The third-order valence-corrected chi connectivity index (χ3v) is 3.40. The van der Waals surface area contributed by atoms with Crippen molar-refractivity contribution in [3.63, 3.8) is 0 Å². The van der Waals surface area contributed by atoms with Crippen LogP contribution in [0.2, 0.25) is 0 Å². The van der Waals surface area contributed by atoms with Crippen LogP contribution in [0.25, 0.3) is 0 Å². The van der Waals surface area contributed by atoms with Gasteiger partial charge in [-0.25, -0.2) is 0 Å². The lowest BCUT2D eigenvalue weighted by Gasteiger charge is -2.39. The van der Waals surface area contributed by atoms with Gasteiger partial charge >= 0.3 is 6.18 Å². The number of rotatable bonds is 3. The van der Waals surface area contributed by atoms with Crippen LogP contribution in [0.5, 0.6) is 0 Å². The van der Waals surface area contributed by atoms with E-state index in [0.29, 0.717) is 5.92 Å². The first-order chi connectivity index (χ1) is 8.14. The minimum Gasteiger partial charge on any atom is -0.376 e. The summed E-state index contributed by atoms with van der Waals surface area (Å²) in [7, 11) is 0. The van der Waals surface area contributed by atoms with E-state index in [-0.39, 0.29) is 11.5 Å². The van der Waals surface area contributed by atoms with Crippen LogP contribution >= 0.6 is 0 Å². The molecule has 3 unspecified atom stereocenters. The van der Waals surface area contributed by atoms with Crippen molar-refractivity contribution in [3.8, 4) is 6.07 Å². The van der Waals surface area contributed by atoms with Gasteiger partial charge in [0, 0.05) is 0 Å². The first-order valence-electron chi connectivity index (χ1n) is 6.22. The van der Waals surface area contributed by atoms with E-state index in [1.807, 2.05) is 0 Å². The average Bonchev–Trinajstić information content (AvgIpc) is 2.12. The molecule has 5 heteroatoms. The minimum absolute atomic E-state index is 0.0999. The van der Waals surface area contributed by atoms with Crippen LogP contribution in [0.3, 0.4) is 0 Å². The van der Waals surface area contributed by atoms with E-state index in [1.54, 1.807) is 0 Å². The zero-order chi connectivity index (χ0) is 14.0. The maximum atomic E-state index is 12.4. The van der Waals surface area contributed by atoms with E-state index in [1.165, 1.54) is 6.07 Å². The van der Waals surface area contributed by atoms with Crippen LogP contribution in [0.1, 0.15) is 40.0 Å². The summed E-state index contributed by atoms with van der Waals surface area (Å²) in [5.74, 6) is -1.57. The van der Waals surface area contributed by atoms with Gasteiger partial charge < -0.3 is 4.74 Å². The second-order valence-corrected chi connectivity index (χ2v) is 6.09. The largest absolute Gasteiger partial charge is 0.406 e. The van der Waals surface area contributed by atoms with E-state index in [0.717, 1.165) is 19.3 Å². The highest BCUT2D eigenvalue weighted by Gasteiger charge is 2.41. The zero-order valence-corrected chi connectivity index (χ0v) is 11.0. The van der Waals surface area contributed by atoms with Crippen molar-refractivity contribution in [1.29, 1.82) is 5.26 Å². The summed E-state index contributed by atoms with van der Waals surface area (Å²) in [5, 5.41) is 8.50. The lowest BCUT2D eigenvalue weighted by molar-refractivity contribution is -0.178. The first kappa shape index (κ1) is 15.3. The number of ether oxygens (including phenoxy) is 1. The van der Waals surface area contributed by atoms with Crippen molar-refractivity contribution in [1.82, 2.24) is 0 Å². The molecule has 1 saturated carbocycles. The van der Waals surface area contributed by atoms with Gasteiger partial charge in [-0.2, -0.15) is 18.4 Å². The molecule has 0 aromatic rings. The Balaban J connectivity index is 2.51. The summed E-state index contributed by atoms with van der Waals surface area (Å²) < 4.78 is 42.5. The lowest BCUT2D eigenvalue weighted by atomic mass is 9.71.